The number of nitrogens with zero attached hydrogens (tertiary/aromatic N) is 3. The Morgan fingerprint density at radius 2 is 1.83 bits per heavy atom. The summed E-state index contributed by atoms with van der Waals surface area (Å²) in [5.74, 6) is -1.11. The molecule has 0 aliphatic heterocycles. The van der Waals surface area contributed by atoms with Gasteiger partial charge in [-0.1, -0.05) is 23.2 Å². The van der Waals surface area contributed by atoms with Crippen LogP contribution in [-0.4, -0.2) is 34.2 Å². The number of ketones is 1. The number of alkyl halides is 3. The van der Waals surface area contributed by atoms with Gasteiger partial charge in [-0.2, -0.15) is 18.3 Å². The van der Waals surface area contributed by atoms with Crippen molar-refractivity contribution in [3.8, 4) is 5.69 Å². The van der Waals surface area contributed by atoms with Gasteiger partial charge in [0.05, 0.1) is 38.7 Å². The van der Waals surface area contributed by atoms with Crippen molar-refractivity contribution < 1.29 is 30.8 Å². The average molecular weight is 616 g/mol. The summed E-state index contributed by atoms with van der Waals surface area (Å²) >= 11 is 6.07. The molecule has 42 heavy (non-hydrogen) atoms. The van der Waals surface area contributed by atoms with E-state index in [1.54, 1.807) is 29.0 Å². The Kier molecular flexibility index (Phi) is 6.85. The van der Waals surface area contributed by atoms with Crippen LogP contribution in [0.4, 0.5) is 17.6 Å². The van der Waals surface area contributed by atoms with Crippen molar-refractivity contribution in [2.75, 3.05) is 0 Å². The number of hydrogen-bond donors (Lipinski definition) is 0. The second-order valence-electron chi connectivity index (χ2n) is 10.5. The van der Waals surface area contributed by atoms with Crippen molar-refractivity contribution in [3.63, 3.8) is 0 Å². The van der Waals surface area contributed by atoms with E-state index < -0.39 is 49.5 Å². The first-order chi connectivity index (χ1) is 19.9. The molecule has 2 aliphatic rings. The van der Waals surface area contributed by atoms with Gasteiger partial charge < -0.3 is 0 Å². The summed E-state index contributed by atoms with van der Waals surface area (Å²) < 4.78 is 83.3. The van der Waals surface area contributed by atoms with Crippen LogP contribution in [0.2, 0.25) is 5.02 Å². The molecule has 0 spiro atoms. The van der Waals surface area contributed by atoms with Crippen LogP contribution in [0.1, 0.15) is 46.6 Å². The maximum Gasteiger partial charge on any atom is 0.416 e. The van der Waals surface area contributed by atoms with Crippen molar-refractivity contribution in [2.45, 2.75) is 42.0 Å². The fourth-order valence-corrected chi connectivity index (χ4v) is 8.06. The molecule has 4 aromatic rings. The maximum absolute atomic E-state index is 14.3. The van der Waals surface area contributed by atoms with Gasteiger partial charge in [-0.25, -0.2) is 17.5 Å². The molecule has 6 rings (SSSR count). The SMILES string of the molecule is O=C(c1cc(C(F)(F)F)ccn1)[C@]12Cc3cnn(-c4ccc(F)cc4)c3C=C1CC[C@H](S(=O)(=O)c1cccc(Cl)c1)C2. The zero-order valence-corrected chi connectivity index (χ0v) is 23.3. The molecule has 12 heteroatoms. The van der Waals surface area contributed by atoms with E-state index in [1.807, 2.05) is 0 Å². The van der Waals surface area contributed by atoms with Crippen molar-refractivity contribution >= 4 is 33.3 Å². The van der Waals surface area contributed by atoms with E-state index in [0.717, 1.165) is 12.3 Å². The molecule has 0 amide bonds. The summed E-state index contributed by atoms with van der Waals surface area (Å²) in [7, 11) is -3.96. The number of aromatic nitrogens is 3. The van der Waals surface area contributed by atoms with Gasteiger partial charge in [0.1, 0.15) is 11.5 Å². The van der Waals surface area contributed by atoms with E-state index in [4.69, 9.17) is 11.6 Å². The molecule has 0 saturated heterocycles. The topological polar surface area (TPSA) is 81.9 Å². The van der Waals surface area contributed by atoms with Crippen LogP contribution in [-0.2, 0) is 22.4 Å². The number of carbonyl (C=O) groups excluding carboxylic acids is 1. The van der Waals surface area contributed by atoms with Crippen LogP contribution in [0.3, 0.4) is 0 Å². The molecule has 216 valence electrons. The van der Waals surface area contributed by atoms with Crippen molar-refractivity contribution in [3.05, 3.63) is 112 Å². The Hall–Kier alpha value is -3.83. The van der Waals surface area contributed by atoms with Gasteiger partial charge in [-0.15, -0.1) is 0 Å². The number of Topliss-reactive ketones (excluding diaryl/α,β-unsaturated/α-hetero) is 1. The van der Waals surface area contributed by atoms with Gasteiger partial charge in [0.15, 0.2) is 15.6 Å². The lowest BCUT2D eigenvalue weighted by molar-refractivity contribution is -0.137. The normalized spacial score (nSPS) is 20.4. The number of sulfone groups is 1. The van der Waals surface area contributed by atoms with Crippen LogP contribution in [0.15, 0.2) is 83.5 Å². The first kappa shape index (κ1) is 28.3. The number of hydrogen-bond acceptors (Lipinski definition) is 5. The molecule has 0 bridgehead atoms. The van der Waals surface area contributed by atoms with E-state index in [-0.39, 0.29) is 35.6 Å². The second-order valence-corrected chi connectivity index (χ2v) is 13.2. The van der Waals surface area contributed by atoms with E-state index in [2.05, 4.69) is 10.1 Å². The molecule has 2 aromatic heterocycles. The zero-order chi connectivity index (χ0) is 29.9. The molecule has 1 fully saturated rings. The number of benzene rings is 2. The third-order valence-corrected chi connectivity index (χ3v) is 10.4. The molecule has 0 unspecified atom stereocenters. The summed E-state index contributed by atoms with van der Waals surface area (Å²) in [5.41, 5.74) is -0.508. The highest BCUT2D eigenvalue weighted by atomic mass is 35.5. The van der Waals surface area contributed by atoms with Gasteiger partial charge in [-0.3, -0.25) is 9.78 Å². The van der Waals surface area contributed by atoms with Gasteiger partial charge >= 0.3 is 6.18 Å². The highest BCUT2D eigenvalue weighted by molar-refractivity contribution is 7.92. The Balaban J connectivity index is 1.47. The van der Waals surface area contributed by atoms with Gasteiger partial charge in [-0.05, 0) is 91.9 Å². The lowest BCUT2D eigenvalue weighted by atomic mass is 9.61. The lowest BCUT2D eigenvalue weighted by Crippen LogP contribution is -2.46. The highest BCUT2D eigenvalue weighted by Crippen LogP contribution is 2.52. The summed E-state index contributed by atoms with van der Waals surface area (Å²) in [6, 6.07) is 13.0. The summed E-state index contributed by atoms with van der Waals surface area (Å²) in [5, 5.41) is 3.67. The van der Waals surface area contributed by atoms with E-state index in [9.17, 15) is 30.8 Å². The molecule has 1 saturated carbocycles. The van der Waals surface area contributed by atoms with E-state index in [1.165, 1.54) is 36.5 Å². The monoisotopic (exact) mass is 615 g/mol. The van der Waals surface area contributed by atoms with Crippen LogP contribution < -0.4 is 0 Å². The van der Waals surface area contributed by atoms with Crippen LogP contribution in [0, 0.1) is 11.2 Å². The number of pyridine rings is 1. The minimum Gasteiger partial charge on any atom is -0.291 e. The first-order valence-corrected chi connectivity index (χ1v) is 14.9. The standard InChI is InChI=1S/C30H22ClF4N3O3S/c31-21-2-1-3-24(14-21)42(40,41)25-9-4-19-13-27-18(17-37-38(27)23-7-5-22(32)6-8-23)15-29(19,16-25)28(39)26-12-20(10-11-36-26)30(33,34)35/h1-3,5-8,10-14,17,25H,4,9,15-16H2/t25-,29-/m0/s1. The Bertz CT molecular complexity index is 1850. The van der Waals surface area contributed by atoms with Gasteiger partial charge in [0, 0.05) is 11.2 Å². The minimum absolute atomic E-state index is 0.00727. The molecule has 2 heterocycles. The molecule has 6 nitrogen and oxygen atoms in total. The zero-order valence-electron chi connectivity index (χ0n) is 21.8. The maximum atomic E-state index is 14.3. The number of fused-ring (bicyclic) bond motifs is 2. The molecular formula is C30H22ClF4N3O3S. The second kappa shape index (κ2) is 10.2. The number of carbonyl (C=O) groups is 1. The Morgan fingerprint density at radius 1 is 1.07 bits per heavy atom. The third kappa shape index (κ3) is 4.84. The fraction of sp³-hybridized carbons (Fsp3) is 0.233. The Labute approximate surface area is 243 Å². The number of allylic oxidation sites excluding steroid dienone is 1. The number of rotatable bonds is 5. The van der Waals surface area contributed by atoms with Crippen molar-refractivity contribution in [1.29, 1.82) is 0 Å². The smallest absolute Gasteiger partial charge is 0.291 e. The van der Waals surface area contributed by atoms with E-state index >= 15 is 0 Å². The van der Waals surface area contributed by atoms with Crippen molar-refractivity contribution in [2.24, 2.45) is 5.41 Å². The lowest BCUT2D eigenvalue weighted by Gasteiger charge is -2.43. The van der Waals surface area contributed by atoms with Crippen molar-refractivity contribution in [1.82, 2.24) is 14.8 Å². The van der Waals surface area contributed by atoms with E-state index in [0.29, 0.717) is 28.6 Å². The Morgan fingerprint density at radius 3 is 2.55 bits per heavy atom. The molecule has 0 radical (unpaired) electrons. The number of halogens is 5. The first-order valence-electron chi connectivity index (χ1n) is 13.0. The van der Waals surface area contributed by atoms with Gasteiger partial charge in [0.2, 0.25) is 0 Å². The quantitative estimate of drug-likeness (QED) is 0.180. The highest BCUT2D eigenvalue weighted by Gasteiger charge is 2.52. The largest absolute Gasteiger partial charge is 0.416 e. The molecule has 2 aliphatic carbocycles. The van der Waals surface area contributed by atoms with Crippen LogP contribution in [0.25, 0.3) is 11.8 Å². The predicted molar refractivity (Wildman–Crippen MR) is 147 cm³/mol. The summed E-state index contributed by atoms with van der Waals surface area (Å²) in [6.07, 6.45) is -0.248. The molecule has 0 N–H and O–H groups in total. The minimum atomic E-state index is -4.70. The molecular weight excluding hydrogens is 594 g/mol. The molecule has 2 atom stereocenters. The third-order valence-electron chi connectivity index (χ3n) is 8.01. The van der Waals surface area contributed by atoms with Gasteiger partial charge in [0.25, 0.3) is 0 Å². The fourth-order valence-electron chi connectivity index (χ4n) is 5.93. The summed E-state index contributed by atoms with van der Waals surface area (Å²) in [6.45, 7) is 0. The predicted octanol–water partition coefficient (Wildman–Crippen LogP) is 6.91. The van der Waals surface area contributed by atoms with Crippen LogP contribution >= 0.6 is 11.6 Å². The molecule has 2 aromatic carbocycles. The average Bonchev–Trinajstić information content (AvgIpc) is 3.37. The summed E-state index contributed by atoms with van der Waals surface area (Å²) in [4.78, 5) is 18.3. The van der Waals surface area contributed by atoms with Crippen LogP contribution in [0.5, 0.6) is 0 Å².